The molecule has 5 heteroatoms. The molecule has 0 amide bonds. The molecule has 0 N–H and O–H groups in total. The van der Waals surface area contributed by atoms with Crippen molar-refractivity contribution in [3.05, 3.63) is 29.8 Å². The quantitative estimate of drug-likeness (QED) is 0.831. The molecule has 2 nitrogen and oxygen atoms in total. The molecule has 0 spiro atoms. The highest BCUT2D eigenvalue weighted by molar-refractivity contribution is 5.28. The first kappa shape index (κ1) is 15.2. The number of benzene rings is 1. The van der Waals surface area contributed by atoms with Crippen molar-refractivity contribution in [1.82, 2.24) is 4.90 Å². The van der Waals surface area contributed by atoms with Crippen molar-refractivity contribution < 1.29 is 17.9 Å². The molecule has 1 aliphatic rings. The lowest BCUT2D eigenvalue weighted by Gasteiger charge is -2.19. The molecule has 1 aliphatic heterocycles. The minimum atomic E-state index is -4.29. The van der Waals surface area contributed by atoms with Gasteiger partial charge in [-0.15, -0.1) is 0 Å². The van der Waals surface area contributed by atoms with Gasteiger partial charge in [0, 0.05) is 6.54 Å². The Morgan fingerprint density at radius 2 is 1.55 bits per heavy atom. The zero-order chi connectivity index (χ0) is 14.4. The number of hydrogen-bond donors (Lipinski definition) is 0. The summed E-state index contributed by atoms with van der Waals surface area (Å²) in [6, 6.07) is 4.87. The minimum absolute atomic E-state index is 0.493. The molecule has 0 unspecified atom stereocenters. The molecule has 1 aromatic rings. The van der Waals surface area contributed by atoms with Crippen molar-refractivity contribution in [2.75, 3.05) is 26.2 Å². The van der Waals surface area contributed by atoms with Gasteiger partial charge in [0.15, 0.2) is 0 Å². The van der Waals surface area contributed by atoms with Crippen LogP contribution in [0.1, 0.15) is 31.2 Å². The topological polar surface area (TPSA) is 12.5 Å². The molecule has 112 valence electrons. The number of hydrogen-bond acceptors (Lipinski definition) is 2. The summed E-state index contributed by atoms with van der Waals surface area (Å²) < 4.78 is 42.7. The molecule has 0 aromatic heterocycles. The normalized spacial score (nSPS) is 17.8. The van der Waals surface area contributed by atoms with Crippen LogP contribution < -0.4 is 4.74 Å². The Labute approximate surface area is 117 Å². The van der Waals surface area contributed by atoms with E-state index in [9.17, 15) is 13.2 Å². The smallest absolute Gasteiger partial charge is 0.416 e. The molecule has 0 radical (unpaired) electrons. The van der Waals surface area contributed by atoms with Gasteiger partial charge in [-0.05, 0) is 50.2 Å². The van der Waals surface area contributed by atoms with Crippen molar-refractivity contribution in [1.29, 1.82) is 0 Å². The van der Waals surface area contributed by atoms with E-state index in [0.717, 1.165) is 31.8 Å². The standard InChI is InChI=1S/C15H20F3NO/c16-15(17,18)13-5-7-14(8-6-13)20-12-11-19-9-3-1-2-4-10-19/h5-8H,1-4,9-12H2. The fraction of sp³-hybridized carbons (Fsp3) is 0.600. The lowest BCUT2D eigenvalue weighted by Crippen LogP contribution is -2.29. The molecular weight excluding hydrogens is 267 g/mol. The van der Waals surface area contributed by atoms with Crippen LogP contribution in [0, 0.1) is 0 Å². The highest BCUT2D eigenvalue weighted by atomic mass is 19.4. The van der Waals surface area contributed by atoms with Crippen molar-refractivity contribution in [3.8, 4) is 5.75 Å². The van der Waals surface area contributed by atoms with Crippen LogP contribution in [0.4, 0.5) is 13.2 Å². The SMILES string of the molecule is FC(F)(F)c1ccc(OCCN2CCCCCC2)cc1. The average molecular weight is 287 g/mol. The van der Waals surface area contributed by atoms with Crippen molar-refractivity contribution in [2.45, 2.75) is 31.9 Å². The number of ether oxygens (including phenoxy) is 1. The van der Waals surface area contributed by atoms with Crippen LogP contribution in [-0.4, -0.2) is 31.1 Å². The van der Waals surface area contributed by atoms with Gasteiger partial charge in [-0.3, -0.25) is 4.90 Å². The molecule has 0 atom stereocenters. The van der Waals surface area contributed by atoms with E-state index in [4.69, 9.17) is 4.74 Å². The van der Waals surface area contributed by atoms with E-state index in [1.807, 2.05) is 0 Å². The summed E-state index contributed by atoms with van der Waals surface area (Å²) in [6.07, 6.45) is 0.734. The Hall–Kier alpha value is -1.23. The molecule has 0 bridgehead atoms. The van der Waals surface area contributed by atoms with E-state index in [0.29, 0.717) is 12.4 Å². The molecule has 1 fully saturated rings. The summed E-state index contributed by atoms with van der Waals surface area (Å²) in [5, 5.41) is 0. The van der Waals surface area contributed by atoms with Crippen LogP contribution in [-0.2, 0) is 6.18 Å². The lowest BCUT2D eigenvalue weighted by molar-refractivity contribution is -0.137. The van der Waals surface area contributed by atoms with Crippen molar-refractivity contribution in [2.24, 2.45) is 0 Å². The number of rotatable bonds is 4. The maximum Gasteiger partial charge on any atom is 0.416 e. The summed E-state index contributed by atoms with van der Waals surface area (Å²) in [7, 11) is 0. The van der Waals surface area contributed by atoms with Crippen LogP contribution in [0.5, 0.6) is 5.75 Å². The monoisotopic (exact) mass is 287 g/mol. The molecule has 2 rings (SSSR count). The van der Waals surface area contributed by atoms with E-state index >= 15 is 0 Å². The number of alkyl halides is 3. The van der Waals surface area contributed by atoms with E-state index < -0.39 is 11.7 Å². The van der Waals surface area contributed by atoms with E-state index in [-0.39, 0.29) is 0 Å². The molecule has 0 aliphatic carbocycles. The first-order valence-corrected chi connectivity index (χ1v) is 7.08. The van der Waals surface area contributed by atoms with E-state index in [1.54, 1.807) is 0 Å². The summed E-state index contributed by atoms with van der Waals surface area (Å²) in [6.45, 7) is 3.54. The van der Waals surface area contributed by atoms with Crippen LogP contribution in [0.15, 0.2) is 24.3 Å². The highest BCUT2D eigenvalue weighted by Gasteiger charge is 2.29. The molecule has 20 heavy (non-hydrogen) atoms. The Morgan fingerprint density at radius 3 is 2.10 bits per heavy atom. The third-order valence-electron chi connectivity index (χ3n) is 3.56. The first-order valence-electron chi connectivity index (χ1n) is 7.08. The Balaban J connectivity index is 1.76. The highest BCUT2D eigenvalue weighted by Crippen LogP contribution is 2.30. The van der Waals surface area contributed by atoms with E-state index in [2.05, 4.69) is 4.90 Å². The average Bonchev–Trinajstić information content (AvgIpc) is 2.67. The summed E-state index contributed by atoms with van der Waals surface area (Å²) in [5.41, 5.74) is -0.641. The fourth-order valence-electron chi connectivity index (χ4n) is 2.39. The van der Waals surface area contributed by atoms with Gasteiger partial charge < -0.3 is 4.74 Å². The van der Waals surface area contributed by atoms with Crippen LogP contribution in [0.2, 0.25) is 0 Å². The Kier molecular flexibility index (Phi) is 5.29. The fourth-order valence-corrected chi connectivity index (χ4v) is 2.39. The van der Waals surface area contributed by atoms with Gasteiger partial charge in [0.2, 0.25) is 0 Å². The molecule has 0 saturated carbocycles. The van der Waals surface area contributed by atoms with Crippen LogP contribution in [0.3, 0.4) is 0 Å². The third kappa shape index (κ3) is 4.71. The molecule has 1 aromatic carbocycles. The van der Waals surface area contributed by atoms with Crippen molar-refractivity contribution >= 4 is 0 Å². The van der Waals surface area contributed by atoms with E-state index in [1.165, 1.54) is 37.8 Å². The van der Waals surface area contributed by atoms with Gasteiger partial charge in [0.05, 0.1) is 5.56 Å². The largest absolute Gasteiger partial charge is 0.492 e. The van der Waals surface area contributed by atoms with Crippen molar-refractivity contribution in [3.63, 3.8) is 0 Å². The second-order valence-electron chi connectivity index (χ2n) is 5.13. The van der Waals surface area contributed by atoms with Gasteiger partial charge in [-0.1, -0.05) is 12.8 Å². The van der Waals surface area contributed by atoms with Crippen LogP contribution >= 0.6 is 0 Å². The maximum absolute atomic E-state index is 12.4. The summed E-state index contributed by atoms with van der Waals surface area (Å²) >= 11 is 0. The predicted molar refractivity (Wildman–Crippen MR) is 71.8 cm³/mol. The zero-order valence-corrected chi connectivity index (χ0v) is 11.5. The molecular formula is C15H20F3NO. The second kappa shape index (κ2) is 6.97. The van der Waals surface area contributed by atoms with Gasteiger partial charge >= 0.3 is 6.18 Å². The van der Waals surface area contributed by atoms with Gasteiger partial charge in [0.25, 0.3) is 0 Å². The summed E-state index contributed by atoms with van der Waals surface area (Å²) in [4.78, 5) is 2.36. The third-order valence-corrected chi connectivity index (χ3v) is 3.56. The second-order valence-corrected chi connectivity index (χ2v) is 5.13. The maximum atomic E-state index is 12.4. The van der Waals surface area contributed by atoms with Gasteiger partial charge in [0.1, 0.15) is 12.4 Å². The number of halogens is 3. The predicted octanol–water partition coefficient (Wildman–Crippen LogP) is 3.96. The Morgan fingerprint density at radius 1 is 0.950 bits per heavy atom. The number of nitrogens with zero attached hydrogens (tertiary/aromatic N) is 1. The van der Waals surface area contributed by atoms with Crippen LogP contribution in [0.25, 0.3) is 0 Å². The zero-order valence-electron chi connectivity index (χ0n) is 11.5. The lowest BCUT2D eigenvalue weighted by atomic mass is 10.2. The minimum Gasteiger partial charge on any atom is -0.492 e. The molecule has 1 heterocycles. The number of likely N-dealkylation sites (tertiary alicyclic amines) is 1. The summed E-state index contributed by atoms with van der Waals surface area (Å²) in [5.74, 6) is 0.493. The first-order chi connectivity index (χ1) is 9.55. The van der Waals surface area contributed by atoms with Gasteiger partial charge in [-0.25, -0.2) is 0 Å². The molecule has 1 saturated heterocycles. The van der Waals surface area contributed by atoms with Gasteiger partial charge in [-0.2, -0.15) is 13.2 Å². The Bertz CT molecular complexity index is 395.